The number of hydrogen-bond acceptors (Lipinski definition) is 20. The Morgan fingerprint density at radius 3 is 1.29 bits per heavy atom. The molecule has 3 aromatic rings. The van der Waals surface area contributed by atoms with E-state index in [0.717, 1.165) is 4.57 Å². The summed E-state index contributed by atoms with van der Waals surface area (Å²) in [6.07, 6.45) is -2.27. The highest BCUT2D eigenvalue weighted by atomic mass is 31.2. The molecule has 0 spiro atoms. The normalized spacial score (nSPS) is 13.4. The molecule has 0 amide bonds. The number of aromatic nitrogens is 9. The average molecular weight is 869 g/mol. The van der Waals surface area contributed by atoms with Gasteiger partial charge in [-0.3, -0.25) is 22.8 Å². The highest BCUT2D eigenvalue weighted by Gasteiger charge is 2.30. The third-order valence-corrected chi connectivity index (χ3v) is 9.75. The lowest BCUT2D eigenvalue weighted by Gasteiger charge is -2.25. The molecule has 3 atom stereocenters. The van der Waals surface area contributed by atoms with Gasteiger partial charge in [0.2, 0.25) is 17.8 Å². The number of rotatable bonds is 19. The third-order valence-electron chi connectivity index (χ3n) is 7.31. The van der Waals surface area contributed by atoms with Crippen LogP contribution in [0.25, 0.3) is 0 Å². The number of hydrogen-bond donors (Lipinski definition) is 7. The van der Waals surface area contributed by atoms with Crippen molar-refractivity contribution in [3.8, 4) is 0 Å². The van der Waals surface area contributed by atoms with E-state index in [9.17, 15) is 28.6 Å². The maximum absolute atomic E-state index is 12.8. The van der Waals surface area contributed by atoms with E-state index < -0.39 is 57.4 Å². The topological polar surface area (TPSA) is 373 Å². The van der Waals surface area contributed by atoms with E-state index in [0.29, 0.717) is 24.5 Å². The van der Waals surface area contributed by atoms with Crippen LogP contribution in [0.5, 0.6) is 0 Å². The largest absolute Gasteiger partial charge is 0.394 e. The molecule has 3 heterocycles. The molecule has 0 bridgehead atoms. The Kier molecular flexibility index (Phi) is 21.6. The summed E-state index contributed by atoms with van der Waals surface area (Å²) in [5.41, 5.74) is 14.4. The highest BCUT2D eigenvalue weighted by Crippen LogP contribution is 2.50. The van der Waals surface area contributed by atoms with Crippen molar-refractivity contribution >= 4 is 33.0 Å². The Bertz CT molecular complexity index is 2010. The van der Waals surface area contributed by atoms with Crippen LogP contribution in [0.2, 0.25) is 0 Å². The minimum Gasteiger partial charge on any atom is -0.394 e. The molecule has 0 radical (unpaired) electrons. The average Bonchev–Trinajstić information content (AvgIpc) is 3.08. The fraction of sp³-hybridized carbons (Fsp3) is 0.710. The van der Waals surface area contributed by atoms with Gasteiger partial charge < -0.3 is 55.7 Å². The zero-order valence-corrected chi connectivity index (χ0v) is 35.9. The SMILES string of the molecule is CC[C@@H](O)Cn1c(C)nc(N)nc1=O.CC[C@H](Cn1c(C)nc(N)nc1=O)OCP(=O)(OC(C)C)OC(C)C.Cc1nc(N)nc(=O)n1C[C@@H](CO)OCP(=O)(O)O. The first-order valence-electron chi connectivity index (χ1n) is 18.0. The van der Waals surface area contributed by atoms with Crippen molar-refractivity contribution in [3.05, 3.63) is 48.9 Å². The summed E-state index contributed by atoms with van der Waals surface area (Å²) in [6.45, 7) is 15.5. The summed E-state index contributed by atoms with van der Waals surface area (Å²) in [5, 5.41) is 18.4. The molecular formula is C31H58N12O13P2. The van der Waals surface area contributed by atoms with E-state index in [1.54, 1.807) is 41.5 Å². The molecule has 330 valence electrons. The Labute approximate surface area is 334 Å². The van der Waals surface area contributed by atoms with Crippen molar-refractivity contribution in [1.29, 1.82) is 0 Å². The molecule has 10 N–H and O–H groups in total. The highest BCUT2D eigenvalue weighted by molar-refractivity contribution is 7.53. The number of nitrogens with zero attached hydrogens (tertiary/aromatic N) is 9. The molecule has 0 aliphatic rings. The van der Waals surface area contributed by atoms with E-state index in [-0.39, 0.29) is 68.0 Å². The quantitative estimate of drug-likeness (QED) is 0.0758. The van der Waals surface area contributed by atoms with Crippen LogP contribution in [0.3, 0.4) is 0 Å². The van der Waals surface area contributed by atoms with E-state index in [1.165, 1.54) is 16.1 Å². The van der Waals surface area contributed by atoms with Gasteiger partial charge >= 0.3 is 32.3 Å². The summed E-state index contributed by atoms with van der Waals surface area (Å²) in [5.74, 6) is 0.906. The predicted octanol–water partition coefficient (Wildman–Crippen LogP) is -0.334. The Morgan fingerprint density at radius 1 is 0.621 bits per heavy atom. The van der Waals surface area contributed by atoms with Crippen LogP contribution in [0.15, 0.2) is 14.4 Å². The van der Waals surface area contributed by atoms with Crippen LogP contribution in [0.1, 0.15) is 71.9 Å². The van der Waals surface area contributed by atoms with Gasteiger partial charge in [-0.1, -0.05) is 13.8 Å². The number of aryl methyl sites for hydroxylation is 3. The second-order valence-corrected chi connectivity index (χ2v) is 16.6. The maximum atomic E-state index is 12.8. The molecule has 0 unspecified atom stereocenters. The van der Waals surface area contributed by atoms with Crippen molar-refractivity contribution in [2.75, 3.05) is 36.5 Å². The zero-order valence-electron chi connectivity index (χ0n) is 34.2. The Morgan fingerprint density at radius 2 is 0.983 bits per heavy atom. The molecule has 0 saturated carbocycles. The van der Waals surface area contributed by atoms with Gasteiger partial charge in [0.1, 0.15) is 30.2 Å². The van der Waals surface area contributed by atoms with Gasteiger partial charge in [0.15, 0.2) is 0 Å². The molecule has 25 nitrogen and oxygen atoms in total. The second kappa shape index (κ2) is 24.1. The summed E-state index contributed by atoms with van der Waals surface area (Å²) in [6, 6.07) is 0. The van der Waals surface area contributed by atoms with Crippen LogP contribution in [0.4, 0.5) is 17.8 Å². The van der Waals surface area contributed by atoms with Crippen molar-refractivity contribution in [3.63, 3.8) is 0 Å². The summed E-state index contributed by atoms with van der Waals surface area (Å²) in [7, 11) is -7.74. The fourth-order valence-electron chi connectivity index (χ4n) is 4.61. The number of nitrogen functional groups attached to an aromatic ring is 3. The molecule has 0 aromatic carbocycles. The molecule has 0 aliphatic carbocycles. The summed E-state index contributed by atoms with van der Waals surface area (Å²) < 4.78 is 48.7. The van der Waals surface area contributed by atoms with Crippen molar-refractivity contribution in [2.45, 2.75) is 125 Å². The zero-order chi connectivity index (χ0) is 44.5. The first-order chi connectivity index (χ1) is 26.8. The second-order valence-electron chi connectivity index (χ2n) is 13.1. The molecule has 3 aromatic heterocycles. The van der Waals surface area contributed by atoms with E-state index >= 15 is 0 Å². The lowest BCUT2D eigenvalue weighted by molar-refractivity contribution is 0.0183. The van der Waals surface area contributed by atoms with E-state index in [4.69, 9.17) is 50.6 Å². The molecule has 0 fully saturated rings. The fourth-order valence-corrected chi connectivity index (χ4v) is 6.87. The monoisotopic (exact) mass is 868 g/mol. The Hall–Kier alpha value is -4.03. The van der Waals surface area contributed by atoms with Gasteiger partial charge in [-0.05, 0) is 61.3 Å². The lowest BCUT2D eigenvalue weighted by Crippen LogP contribution is -2.34. The van der Waals surface area contributed by atoms with Crippen LogP contribution < -0.4 is 34.3 Å². The number of aliphatic hydroxyl groups excluding tert-OH is 2. The minimum absolute atomic E-state index is 0.0326. The van der Waals surface area contributed by atoms with Gasteiger partial charge in [-0.15, -0.1) is 0 Å². The Balaban J connectivity index is 0.000000453. The molecule has 27 heteroatoms. The van der Waals surface area contributed by atoms with Gasteiger partial charge in [0, 0.05) is 0 Å². The molecule has 0 saturated heterocycles. The van der Waals surface area contributed by atoms with Crippen molar-refractivity contribution in [2.24, 2.45) is 0 Å². The smallest absolute Gasteiger partial charge is 0.356 e. The molecule has 0 aliphatic heterocycles. The van der Waals surface area contributed by atoms with Crippen LogP contribution >= 0.6 is 15.2 Å². The van der Waals surface area contributed by atoms with Gasteiger partial charge in [-0.2, -0.15) is 15.0 Å². The number of anilines is 3. The number of nitrogens with two attached hydrogens (primary N) is 3. The lowest BCUT2D eigenvalue weighted by atomic mass is 10.3. The first-order valence-corrected chi connectivity index (χ1v) is 21.5. The van der Waals surface area contributed by atoms with E-state index in [1.807, 2.05) is 13.8 Å². The first kappa shape index (κ1) is 52.0. The molecule has 58 heavy (non-hydrogen) atoms. The predicted molar refractivity (Wildman–Crippen MR) is 212 cm³/mol. The van der Waals surface area contributed by atoms with Crippen molar-refractivity contribution < 1.29 is 47.7 Å². The standard InChI is InChI=1S/C15H29N4O5P.C8H15N4O6P.C8H14N4O2/c1-7-13(8-19-12(6)17-14(16)18-15(19)20)22-9-25(21,23-10(2)3)24-11(4)5;1-5-10-7(9)11-8(14)12(5)2-6(3-13)18-4-19(15,16)17;1-3-6(13)4-12-5(2)10-7(9)11-8(12)14/h10-11,13H,7-9H2,1-6H3,(H2,16,18,20);6,13H,2-4H2,1H3,(H2,9,11,14)(H2,15,16,17);6,13H,3-4H2,1-2H3,(H2,9,11,14)/t13-;2*6-/m101/s1. The van der Waals surface area contributed by atoms with Crippen LogP contribution in [0, 0.1) is 20.8 Å². The van der Waals surface area contributed by atoms with Gasteiger partial charge in [0.05, 0.1) is 56.8 Å². The van der Waals surface area contributed by atoms with E-state index in [2.05, 4.69) is 29.9 Å². The molecule has 3 rings (SSSR count). The summed E-state index contributed by atoms with van der Waals surface area (Å²) >= 11 is 0. The van der Waals surface area contributed by atoms with Gasteiger partial charge in [0.25, 0.3) is 0 Å². The number of ether oxygens (including phenoxy) is 2. The van der Waals surface area contributed by atoms with Crippen LogP contribution in [-0.2, 0) is 47.3 Å². The third kappa shape index (κ3) is 19.1. The van der Waals surface area contributed by atoms with Crippen molar-refractivity contribution in [1.82, 2.24) is 43.6 Å². The maximum Gasteiger partial charge on any atom is 0.356 e. The molecular weight excluding hydrogens is 810 g/mol. The number of aliphatic hydroxyl groups is 2. The van der Waals surface area contributed by atoms with Crippen LogP contribution in [-0.4, -0.2) is 113 Å². The van der Waals surface area contributed by atoms with Gasteiger partial charge in [-0.25, -0.2) is 29.3 Å². The minimum atomic E-state index is -4.34. The summed E-state index contributed by atoms with van der Waals surface area (Å²) in [4.78, 5) is 74.3.